The van der Waals surface area contributed by atoms with E-state index < -0.39 is 10.8 Å². The molecule has 0 amide bonds. The van der Waals surface area contributed by atoms with Crippen molar-refractivity contribution in [3.05, 3.63) is 54.0 Å². The predicted molar refractivity (Wildman–Crippen MR) is 81.9 cm³/mol. The van der Waals surface area contributed by atoms with Gasteiger partial charge in [0, 0.05) is 10.4 Å². The molecule has 20 heavy (non-hydrogen) atoms. The van der Waals surface area contributed by atoms with Crippen molar-refractivity contribution < 1.29 is 8.63 Å². The van der Waals surface area contributed by atoms with Crippen molar-refractivity contribution in [3.63, 3.8) is 0 Å². The second-order valence-electron chi connectivity index (χ2n) is 5.77. The van der Waals surface area contributed by atoms with Crippen molar-refractivity contribution in [2.75, 3.05) is 0 Å². The first-order valence-corrected chi connectivity index (χ1v) is 8.02. The molecule has 4 heteroatoms. The van der Waals surface area contributed by atoms with E-state index in [0.29, 0.717) is 12.3 Å². The molecule has 2 aromatic rings. The minimum atomic E-state index is -1.06. The zero-order chi connectivity index (χ0) is 14.6. The SMILES string of the molecule is CC(C)(C)NCc1ccc(CS(=O)c2ccccc2)o1. The number of hydrogen-bond acceptors (Lipinski definition) is 3. The fourth-order valence-corrected chi connectivity index (χ4v) is 2.77. The Kier molecular flexibility index (Phi) is 4.78. The summed E-state index contributed by atoms with van der Waals surface area (Å²) in [5.74, 6) is 2.05. The Bertz CT molecular complexity index is 570. The highest BCUT2D eigenvalue weighted by Crippen LogP contribution is 2.15. The monoisotopic (exact) mass is 291 g/mol. The molecule has 1 aromatic carbocycles. The molecule has 0 fully saturated rings. The Hall–Kier alpha value is -1.39. The van der Waals surface area contributed by atoms with E-state index in [9.17, 15) is 4.21 Å². The van der Waals surface area contributed by atoms with E-state index in [2.05, 4.69) is 26.1 Å². The maximum atomic E-state index is 12.2. The highest BCUT2D eigenvalue weighted by Gasteiger charge is 2.12. The summed E-state index contributed by atoms with van der Waals surface area (Å²) >= 11 is 0. The summed E-state index contributed by atoms with van der Waals surface area (Å²) in [6.07, 6.45) is 0. The Morgan fingerprint density at radius 1 is 1.05 bits per heavy atom. The van der Waals surface area contributed by atoms with E-state index in [4.69, 9.17) is 4.42 Å². The minimum absolute atomic E-state index is 0.0554. The first kappa shape index (κ1) is 15.0. The van der Waals surface area contributed by atoms with E-state index in [1.165, 1.54) is 0 Å². The van der Waals surface area contributed by atoms with Crippen molar-refractivity contribution in [2.24, 2.45) is 0 Å². The number of furan rings is 1. The van der Waals surface area contributed by atoms with Gasteiger partial charge in [0.2, 0.25) is 0 Å². The molecule has 108 valence electrons. The summed E-state index contributed by atoms with van der Waals surface area (Å²) < 4.78 is 17.9. The summed E-state index contributed by atoms with van der Waals surface area (Å²) in [5.41, 5.74) is 0.0554. The molecule has 2 rings (SSSR count). The number of rotatable bonds is 5. The maximum absolute atomic E-state index is 12.2. The van der Waals surface area contributed by atoms with Crippen LogP contribution >= 0.6 is 0 Å². The van der Waals surface area contributed by atoms with Gasteiger partial charge >= 0.3 is 0 Å². The van der Waals surface area contributed by atoms with Crippen LogP contribution in [0.3, 0.4) is 0 Å². The average Bonchev–Trinajstić information content (AvgIpc) is 2.84. The van der Waals surface area contributed by atoms with Gasteiger partial charge in [0.25, 0.3) is 0 Å². The second-order valence-corrected chi connectivity index (χ2v) is 7.23. The summed E-state index contributed by atoms with van der Waals surface area (Å²) in [5, 5.41) is 3.37. The molecule has 0 spiro atoms. The maximum Gasteiger partial charge on any atom is 0.118 e. The molecular formula is C16H21NO2S. The van der Waals surface area contributed by atoms with Gasteiger partial charge in [-0.3, -0.25) is 4.21 Å². The first-order valence-electron chi connectivity index (χ1n) is 6.70. The van der Waals surface area contributed by atoms with Gasteiger partial charge in [0.1, 0.15) is 11.5 Å². The summed E-state index contributed by atoms with van der Waals surface area (Å²) in [7, 11) is -1.06. The standard InChI is InChI=1S/C16H21NO2S/c1-16(2,3)17-11-13-9-10-14(19-13)12-20(18)15-7-5-4-6-8-15/h4-10,17H,11-12H2,1-3H3. The Balaban J connectivity index is 1.95. The number of hydrogen-bond donors (Lipinski definition) is 1. The molecule has 0 saturated carbocycles. The predicted octanol–water partition coefficient (Wildman–Crippen LogP) is 3.48. The van der Waals surface area contributed by atoms with Crippen LogP contribution in [0.25, 0.3) is 0 Å². The van der Waals surface area contributed by atoms with Gasteiger partial charge in [-0.1, -0.05) is 18.2 Å². The van der Waals surface area contributed by atoms with Crippen molar-refractivity contribution in [1.82, 2.24) is 5.32 Å². The molecule has 0 aliphatic heterocycles. The summed E-state index contributed by atoms with van der Waals surface area (Å²) in [4.78, 5) is 0.832. The molecule has 0 radical (unpaired) electrons. The molecule has 1 aromatic heterocycles. The van der Waals surface area contributed by atoms with Crippen LogP contribution in [0.2, 0.25) is 0 Å². The lowest BCUT2D eigenvalue weighted by atomic mass is 10.1. The summed E-state index contributed by atoms with van der Waals surface area (Å²) in [6, 6.07) is 13.3. The lowest BCUT2D eigenvalue weighted by molar-refractivity contribution is 0.382. The smallest absolute Gasteiger partial charge is 0.118 e. The van der Waals surface area contributed by atoms with E-state index in [1.54, 1.807) is 0 Å². The van der Waals surface area contributed by atoms with Gasteiger partial charge < -0.3 is 9.73 Å². The van der Waals surface area contributed by atoms with E-state index >= 15 is 0 Å². The third-order valence-electron chi connectivity index (χ3n) is 2.79. The zero-order valence-electron chi connectivity index (χ0n) is 12.2. The van der Waals surface area contributed by atoms with Crippen molar-refractivity contribution in [3.8, 4) is 0 Å². The van der Waals surface area contributed by atoms with Crippen LogP contribution in [0.15, 0.2) is 51.8 Å². The topological polar surface area (TPSA) is 42.2 Å². The van der Waals surface area contributed by atoms with Gasteiger partial charge in [-0.15, -0.1) is 0 Å². The molecule has 0 aliphatic carbocycles. The van der Waals surface area contributed by atoms with Gasteiger partial charge in [-0.2, -0.15) is 0 Å². The molecule has 0 aliphatic rings. The molecule has 0 bridgehead atoms. The van der Waals surface area contributed by atoms with Crippen LogP contribution in [0.4, 0.5) is 0 Å². The van der Waals surface area contributed by atoms with Crippen LogP contribution in [-0.2, 0) is 23.1 Å². The van der Waals surface area contributed by atoms with Crippen LogP contribution in [0.5, 0.6) is 0 Å². The van der Waals surface area contributed by atoms with Gasteiger partial charge in [-0.25, -0.2) is 0 Å². The van der Waals surface area contributed by atoms with Gasteiger partial charge in [0.05, 0.1) is 23.1 Å². The third-order valence-corrected chi connectivity index (χ3v) is 4.13. The Morgan fingerprint density at radius 2 is 1.70 bits per heavy atom. The lowest BCUT2D eigenvalue weighted by Crippen LogP contribution is -2.34. The fraction of sp³-hybridized carbons (Fsp3) is 0.375. The van der Waals surface area contributed by atoms with Crippen LogP contribution < -0.4 is 5.32 Å². The molecule has 1 heterocycles. The van der Waals surface area contributed by atoms with E-state index in [-0.39, 0.29) is 5.54 Å². The van der Waals surface area contributed by atoms with Crippen LogP contribution in [-0.4, -0.2) is 9.75 Å². The Labute approximate surface area is 122 Å². The number of nitrogens with one attached hydrogen (secondary N) is 1. The number of benzene rings is 1. The van der Waals surface area contributed by atoms with Crippen molar-refractivity contribution in [2.45, 2.75) is 43.5 Å². The normalized spacial score (nSPS) is 13.3. The molecule has 0 saturated heterocycles. The lowest BCUT2D eigenvalue weighted by Gasteiger charge is -2.19. The third kappa shape index (κ3) is 4.62. The summed E-state index contributed by atoms with van der Waals surface area (Å²) in [6.45, 7) is 7.02. The van der Waals surface area contributed by atoms with Crippen molar-refractivity contribution >= 4 is 10.8 Å². The average molecular weight is 291 g/mol. The molecule has 1 N–H and O–H groups in total. The van der Waals surface area contributed by atoms with Crippen LogP contribution in [0, 0.1) is 0 Å². The van der Waals surface area contributed by atoms with E-state index in [0.717, 1.165) is 16.4 Å². The van der Waals surface area contributed by atoms with E-state index in [1.807, 2.05) is 42.5 Å². The van der Waals surface area contributed by atoms with Crippen LogP contribution in [0.1, 0.15) is 32.3 Å². The highest BCUT2D eigenvalue weighted by atomic mass is 32.2. The first-order chi connectivity index (χ1) is 9.44. The fourth-order valence-electron chi connectivity index (χ4n) is 1.73. The minimum Gasteiger partial charge on any atom is -0.464 e. The second kappa shape index (κ2) is 6.37. The molecule has 1 atom stereocenters. The Morgan fingerprint density at radius 3 is 2.35 bits per heavy atom. The molecule has 3 nitrogen and oxygen atoms in total. The quantitative estimate of drug-likeness (QED) is 0.917. The zero-order valence-corrected chi connectivity index (χ0v) is 13.0. The van der Waals surface area contributed by atoms with Gasteiger partial charge in [-0.05, 0) is 45.0 Å². The molecular weight excluding hydrogens is 270 g/mol. The van der Waals surface area contributed by atoms with Crippen molar-refractivity contribution in [1.29, 1.82) is 0 Å². The highest BCUT2D eigenvalue weighted by molar-refractivity contribution is 7.84. The molecule has 1 unspecified atom stereocenters. The van der Waals surface area contributed by atoms with Gasteiger partial charge in [0.15, 0.2) is 0 Å². The largest absolute Gasteiger partial charge is 0.464 e.